The summed E-state index contributed by atoms with van der Waals surface area (Å²) in [4.78, 5) is 57.8. The molecule has 1 aliphatic rings. The van der Waals surface area contributed by atoms with Gasteiger partial charge in [0, 0.05) is 63.0 Å². The Hall–Kier alpha value is -4.73. The Kier molecular flexibility index (Phi) is 10.2. The SMILES string of the molecule is O=C1CCCN(C(=O)c2ccccc2)CCNC(=O)[C@H](Cc2ccccc2)NC(=O)c2cc(ccn2)NCCN1. The molecule has 0 saturated carbocycles. The molecule has 10 nitrogen and oxygen atoms in total. The molecule has 2 aromatic carbocycles. The van der Waals surface area contributed by atoms with Crippen molar-refractivity contribution in [1.29, 1.82) is 0 Å². The number of anilines is 1. The summed E-state index contributed by atoms with van der Waals surface area (Å²) in [6, 6.07) is 20.8. The van der Waals surface area contributed by atoms with Crippen LogP contribution in [0.5, 0.6) is 0 Å². The summed E-state index contributed by atoms with van der Waals surface area (Å²) in [5.74, 6) is -1.13. The second kappa shape index (κ2) is 14.4. The highest BCUT2D eigenvalue weighted by atomic mass is 16.2. The summed E-state index contributed by atoms with van der Waals surface area (Å²) in [6.45, 7) is 1.64. The Bertz CT molecular complexity index is 1300. The Labute approximate surface area is 233 Å². The third-order valence-corrected chi connectivity index (χ3v) is 6.49. The number of amides is 4. The largest absolute Gasteiger partial charge is 0.383 e. The zero-order valence-electron chi connectivity index (χ0n) is 22.3. The summed E-state index contributed by atoms with van der Waals surface area (Å²) >= 11 is 0. The van der Waals surface area contributed by atoms with Crippen LogP contribution in [0.4, 0.5) is 5.69 Å². The van der Waals surface area contributed by atoms with E-state index in [2.05, 4.69) is 26.3 Å². The van der Waals surface area contributed by atoms with E-state index < -0.39 is 11.9 Å². The van der Waals surface area contributed by atoms with Crippen molar-refractivity contribution in [3.63, 3.8) is 0 Å². The van der Waals surface area contributed by atoms with Crippen LogP contribution >= 0.6 is 0 Å². The van der Waals surface area contributed by atoms with Crippen LogP contribution in [-0.2, 0) is 16.0 Å². The molecule has 4 amide bonds. The van der Waals surface area contributed by atoms with Crippen molar-refractivity contribution in [2.24, 2.45) is 0 Å². The molecule has 10 heteroatoms. The molecule has 2 heterocycles. The lowest BCUT2D eigenvalue weighted by Crippen LogP contribution is -2.50. The molecule has 0 aliphatic carbocycles. The summed E-state index contributed by atoms with van der Waals surface area (Å²) in [6.07, 6.45) is 2.55. The predicted octanol–water partition coefficient (Wildman–Crippen LogP) is 2.00. The van der Waals surface area contributed by atoms with Crippen molar-refractivity contribution in [3.8, 4) is 0 Å². The Morgan fingerprint density at radius 3 is 2.35 bits per heavy atom. The van der Waals surface area contributed by atoms with Crippen molar-refractivity contribution >= 4 is 29.3 Å². The first-order valence-electron chi connectivity index (χ1n) is 13.4. The molecule has 0 fully saturated rings. The predicted molar refractivity (Wildman–Crippen MR) is 152 cm³/mol. The number of nitrogens with zero attached hydrogens (tertiary/aromatic N) is 2. The number of hydrogen-bond donors (Lipinski definition) is 4. The van der Waals surface area contributed by atoms with E-state index in [0.29, 0.717) is 37.3 Å². The van der Waals surface area contributed by atoms with Gasteiger partial charge in [-0.05, 0) is 36.2 Å². The third kappa shape index (κ3) is 8.39. The van der Waals surface area contributed by atoms with Crippen molar-refractivity contribution in [2.75, 3.05) is 38.0 Å². The van der Waals surface area contributed by atoms with Gasteiger partial charge in [0.15, 0.2) is 0 Å². The summed E-state index contributed by atoms with van der Waals surface area (Å²) in [5, 5.41) is 11.7. The monoisotopic (exact) mass is 542 g/mol. The number of benzene rings is 2. The first-order chi connectivity index (χ1) is 19.5. The lowest BCUT2D eigenvalue weighted by Gasteiger charge is -2.24. The Balaban J connectivity index is 1.53. The molecule has 0 saturated heterocycles. The quantitative estimate of drug-likeness (QED) is 0.400. The molecular formula is C30H34N6O4. The number of pyridine rings is 1. The minimum atomic E-state index is -0.851. The zero-order valence-corrected chi connectivity index (χ0v) is 22.3. The van der Waals surface area contributed by atoms with Crippen LogP contribution in [-0.4, -0.2) is 72.3 Å². The minimum Gasteiger partial charge on any atom is -0.383 e. The van der Waals surface area contributed by atoms with Gasteiger partial charge in [-0.25, -0.2) is 0 Å². The van der Waals surface area contributed by atoms with E-state index in [1.165, 1.54) is 6.20 Å². The Morgan fingerprint density at radius 1 is 0.850 bits per heavy atom. The van der Waals surface area contributed by atoms with Crippen LogP contribution in [0.25, 0.3) is 0 Å². The molecule has 2 bridgehead atoms. The number of fused-ring (bicyclic) bond motifs is 2. The van der Waals surface area contributed by atoms with Gasteiger partial charge in [0.2, 0.25) is 11.8 Å². The van der Waals surface area contributed by atoms with E-state index in [4.69, 9.17) is 0 Å². The van der Waals surface area contributed by atoms with E-state index >= 15 is 0 Å². The maximum atomic E-state index is 13.3. The molecule has 1 atom stereocenters. The summed E-state index contributed by atoms with van der Waals surface area (Å²) in [7, 11) is 0. The topological polar surface area (TPSA) is 133 Å². The molecule has 3 aromatic rings. The zero-order chi connectivity index (χ0) is 28.2. The van der Waals surface area contributed by atoms with Crippen LogP contribution in [0.3, 0.4) is 0 Å². The van der Waals surface area contributed by atoms with E-state index in [9.17, 15) is 19.2 Å². The van der Waals surface area contributed by atoms with Gasteiger partial charge in [0.25, 0.3) is 11.8 Å². The highest BCUT2D eigenvalue weighted by molar-refractivity contribution is 5.97. The van der Waals surface area contributed by atoms with E-state index in [1.54, 1.807) is 41.3 Å². The molecule has 0 spiro atoms. The average molecular weight is 543 g/mol. The minimum absolute atomic E-state index is 0.112. The number of aromatic nitrogens is 1. The molecule has 0 unspecified atom stereocenters. The van der Waals surface area contributed by atoms with Gasteiger partial charge in [-0.1, -0.05) is 48.5 Å². The highest BCUT2D eigenvalue weighted by Crippen LogP contribution is 2.10. The smallest absolute Gasteiger partial charge is 0.270 e. The molecule has 0 radical (unpaired) electrons. The molecule has 40 heavy (non-hydrogen) atoms. The normalized spacial score (nSPS) is 17.6. The van der Waals surface area contributed by atoms with Crippen molar-refractivity contribution in [1.82, 2.24) is 25.8 Å². The second-order valence-electron chi connectivity index (χ2n) is 9.48. The number of rotatable bonds is 3. The van der Waals surface area contributed by atoms with Crippen LogP contribution < -0.4 is 21.3 Å². The number of nitrogens with one attached hydrogen (secondary N) is 4. The van der Waals surface area contributed by atoms with Gasteiger partial charge in [-0.3, -0.25) is 24.2 Å². The third-order valence-electron chi connectivity index (χ3n) is 6.49. The first kappa shape index (κ1) is 28.3. The molecule has 208 valence electrons. The standard InChI is InChI=1S/C30H34N6O4/c37-27-12-7-18-36(30(40)23-10-5-2-6-11-23)19-17-34-28(38)26(20-22-8-3-1-4-9-22)35-29(39)25-21-24(13-14-32-25)31-15-16-33-27/h1-6,8-11,13-14,21,26,31H,7,12,15-20H2,(H,33,37)(H,34,38)(H,35,39)/t26-/m0/s1. The first-order valence-corrected chi connectivity index (χ1v) is 13.4. The lowest BCUT2D eigenvalue weighted by atomic mass is 10.0. The summed E-state index contributed by atoms with van der Waals surface area (Å²) in [5.41, 5.74) is 2.26. The van der Waals surface area contributed by atoms with Gasteiger partial charge in [0.1, 0.15) is 11.7 Å². The molecule has 1 aliphatic heterocycles. The Morgan fingerprint density at radius 2 is 1.57 bits per heavy atom. The molecule has 4 N–H and O–H groups in total. The molecular weight excluding hydrogens is 508 g/mol. The van der Waals surface area contributed by atoms with Gasteiger partial charge < -0.3 is 26.2 Å². The van der Waals surface area contributed by atoms with E-state index in [-0.39, 0.29) is 49.3 Å². The van der Waals surface area contributed by atoms with Gasteiger partial charge >= 0.3 is 0 Å². The fourth-order valence-electron chi connectivity index (χ4n) is 4.40. The maximum Gasteiger partial charge on any atom is 0.270 e. The van der Waals surface area contributed by atoms with Crippen molar-refractivity contribution < 1.29 is 19.2 Å². The lowest BCUT2D eigenvalue weighted by molar-refractivity contribution is -0.123. The number of carbonyl (C=O) groups is 4. The summed E-state index contributed by atoms with van der Waals surface area (Å²) < 4.78 is 0. The van der Waals surface area contributed by atoms with Crippen LogP contribution in [0.1, 0.15) is 39.3 Å². The van der Waals surface area contributed by atoms with Crippen molar-refractivity contribution in [2.45, 2.75) is 25.3 Å². The van der Waals surface area contributed by atoms with Gasteiger partial charge in [0.05, 0.1) is 0 Å². The van der Waals surface area contributed by atoms with Crippen LogP contribution in [0.15, 0.2) is 79.0 Å². The molecule has 4 rings (SSSR count). The number of hydrogen-bond acceptors (Lipinski definition) is 6. The fraction of sp³-hybridized carbons (Fsp3) is 0.300. The van der Waals surface area contributed by atoms with E-state index in [0.717, 1.165) is 5.56 Å². The average Bonchev–Trinajstić information content (AvgIpc) is 2.98. The second-order valence-corrected chi connectivity index (χ2v) is 9.48. The maximum absolute atomic E-state index is 13.3. The van der Waals surface area contributed by atoms with Crippen molar-refractivity contribution in [3.05, 3.63) is 95.8 Å². The van der Waals surface area contributed by atoms with Gasteiger partial charge in [-0.15, -0.1) is 0 Å². The highest BCUT2D eigenvalue weighted by Gasteiger charge is 2.23. The van der Waals surface area contributed by atoms with E-state index in [1.807, 2.05) is 36.4 Å². The van der Waals surface area contributed by atoms with Gasteiger partial charge in [-0.2, -0.15) is 0 Å². The molecule has 1 aromatic heterocycles. The van der Waals surface area contributed by atoms with Crippen LogP contribution in [0.2, 0.25) is 0 Å². The number of carbonyl (C=O) groups excluding carboxylic acids is 4. The van der Waals surface area contributed by atoms with Crippen LogP contribution in [0, 0.1) is 0 Å². The fourth-order valence-corrected chi connectivity index (χ4v) is 4.40.